The van der Waals surface area contributed by atoms with Gasteiger partial charge >= 0.3 is 0 Å². The number of hydrogen-bond acceptors (Lipinski definition) is 3. The summed E-state index contributed by atoms with van der Waals surface area (Å²) in [5, 5.41) is 3.72. The lowest BCUT2D eigenvalue weighted by atomic mass is 9.81. The van der Waals surface area contributed by atoms with Crippen molar-refractivity contribution in [2.45, 2.75) is 19.3 Å². The first-order valence-corrected chi connectivity index (χ1v) is 22.9. The highest BCUT2D eigenvalue weighted by Crippen LogP contribution is 2.55. The predicted octanol–water partition coefficient (Wildman–Crippen LogP) is 15.6. The van der Waals surface area contributed by atoms with Crippen LogP contribution in [0.2, 0.25) is 0 Å². The van der Waals surface area contributed by atoms with Crippen LogP contribution in [0, 0.1) is 0 Å². The maximum atomic E-state index is 5.03. The molecule has 0 fully saturated rings. The first-order valence-electron chi connectivity index (χ1n) is 22.9. The highest BCUT2D eigenvalue weighted by Gasteiger charge is 2.41. The van der Waals surface area contributed by atoms with Gasteiger partial charge in [0, 0.05) is 55.2 Å². The van der Waals surface area contributed by atoms with Gasteiger partial charge in [-0.1, -0.05) is 196 Å². The summed E-state index contributed by atoms with van der Waals surface area (Å²) in [6, 6.07) is 80.1. The fraction of sp³-hybridized carbons (Fsp3) is 0.0484. The van der Waals surface area contributed by atoms with E-state index in [0.29, 0.717) is 17.5 Å². The van der Waals surface area contributed by atoms with E-state index in [0.717, 1.165) is 44.7 Å². The SMILES string of the molecule is CC1(C)c2ccccc2-c2c1c1ccc3c4cc(-c5ccccc5)ccc4n(-c4ccc(-c5cccc(-c6nc(-c7ccccc7)nc(-c7ccccc7)n6)c5)cc4)c3c1n2-c1ccccc1. The largest absolute Gasteiger partial charge is 0.307 e. The minimum absolute atomic E-state index is 0.196. The van der Waals surface area contributed by atoms with Gasteiger partial charge < -0.3 is 9.13 Å². The molecule has 5 nitrogen and oxygen atoms in total. The molecular weight excluding hydrogens is 815 g/mol. The highest BCUT2D eigenvalue weighted by atomic mass is 15.1. The molecule has 9 aromatic carbocycles. The van der Waals surface area contributed by atoms with Crippen molar-refractivity contribution in [1.29, 1.82) is 0 Å². The molecule has 67 heavy (non-hydrogen) atoms. The van der Waals surface area contributed by atoms with Gasteiger partial charge in [0.1, 0.15) is 0 Å². The molecule has 1 aliphatic rings. The second kappa shape index (κ2) is 15.2. The summed E-state index contributed by atoms with van der Waals surface area (Å²) in [6.07, 6.45) is 0. The second-order valence-electron chi connectivity index (χ2n) is 18.0. The van der Waals surface area contributed by atoms with Gasteiger partial charge in [-0.3, -0.25) is 0 Å². The van der Waals surface area contributed by atoms with Crippen molar-refractivity contribution in [2.24, 2.45) is 0 Å². The molecule has 13 rings (SSSR count). The maximum absolute atomic E-state index is 5.03. The summed E-state index contributed by atoms with van der Waals surface area (Å²) in [5.41, 5.74) is 18.3. The Labute approximate surface area is 389 Å². The Morgan fingerprint density at radius 3 is 1.49 bits per heavy atom. The number of benzene rings is 9. The topological polar surface area (TPSA) is 48.5 Å². The van der Waals surface area contributed by atoms with Crippen LogP contribution in [0.5, 0.6) is 0 Å². The van der Waals surface area contributed by atoms with Crippen molar-refractivity contribution in [3.8, 4) is 79.0 Å². The molecule has 0 bridgehead atoms. The molecule has 5 heteroatoms. The van der Waals surface area contributed by atoms with Crippen molar-refractivity contribution in [1.82, 2.24) is 24.1 Å². The van der Waals surface area contributed by atoms with Crippen molar-refractivity contribution >= 4 is 32.7 Å². The number of hydrogen-bond donors (Lipinski definition) is 0. The number of fused-ring (bicyclic) bond motifs is 9. The van der Waals surface area contributed by atoms with Crippen LogP contribution < -0.4 is 0 Å². The normalized spacial score (nSPS) is 12.7. The average molecular weight is 858 g/mol. The van der Waals surface area contributed by atoms with Crippen LogP contribution in [0.1, 0.15) is 25.0 Å². The zero-order chi connectivity index (χ0) is 44.6. The summed E-state index contributed by atoms with van der Waals surface area (Å²) in [7, 11) is 0. The molecule has 0 atom stereocenters. The van der Waals surface area contributed by atoms with Crippen LogP contribution in [0.3, 0.4) is 0 Å². The summed E-state index contributed by atoms with van der Waals surface area (Å²) < 4.78 is 5.04. The Morgan fingerprint density at radius 1 is 0.343 bits per heavy atom. The quantitative estimate of drug-likeness (QED) is 0.160. The molecule has 1 aliphatic carbocycles. The van der Waals surface area contributed by atoms with E-state index in [1.807, 2.05) is 60.7 Å². The molecule has 0 saturated carbocycles. The smallest absolute Gasteiger partial charge is 0.164 e. The average Bonchev–Trinajstić information content (AvgIpc) is 4.01. The molecule has 0 radical (unpaired) electrons. The summed E-state index contributed by atoms with van der Waals surface area (Å²) >= 11 is 0. The van der Waals surface area contributed by atoms with Crippen LogP contribution in [-0.2, 0) is 5.41 Å². The highest BCUT2D eigenvalue weighted by molar-refractivity contribution is 6.21. The van der Waals surface area contributed by atoms with E-state index in [1.165, 1.54) is 60.7 Å². The molecule has 0 saturated heterocycles. The van der Waals surface area contributed by atoms with Gasteiger partial charge in [0.25, 0.3) is 0 Å². The first kappa shape index (κ1) is 38.8. The number of rotatable bonds is 7. The maximum Gasteiger partial charge on any atom is 0.164 e. The van der Waals surface area contributed by atoms with Crippen molar-refractivity contribution in [2.75, 3.05) is 0 Å². The molecule has 3 aromatic heterocycles. The van der Waals surface area contributed by atoms with Crippen LogP contribution in [0.15, 0.2) is 224 Å². The van der Waals surface area contributed by atoms with E-state index in [4.69, 9.17) is 15.0 Å². The monoisotopic (exact) mass is 857 g/mol. The van der Waals surface area contributed by atoms with E-state index in [9.17, 15) is 0 Å². The minimum Gasteiger partial charge on any atom is -0.307 e. The number of para-hydroxylation sites is 1. The van der Waals surface area contributed by atoms with Gasteiger partial charge in [0.2, 0.25) is 0 Å². The Kier molecular flexibility index (Phi) is 8.80. The van der Waals surface area contributed by atoms with Gasteiger partial charge in [-0.2, -0.15) is 0 Å². The third-order valence-corrected chi connectivity index (χ3v) is 13.7. The van der Waals surface area contributed by atoms with Crippen molar-refractivity contribution < 1.29 is 0 Å². The van der Waals surface area contributed by atoms with Crippen molar-refractivity contribution in [3.63, 3.8) is 0 Å². The molecule has 0 aliphatic heterocycles. The summed E-state index contributed by atoms with van der Waals surface area (Å²) in [4.78, 5) is 15.0. The van der Waals surface area contributed by atoms with Crippen LogP contribution in [0.4, 0.5) is 0 Å². The molecule has 0 unspecified atom stereocenters. The summed E-state index contributed by atoms with van der Waals surface area (Å²) in [6.45, 7) is 4.77. The molecule has 0 N–H and O–H groups in total. The standard InChI is InChI=1S/C62H43N5/c1-62(2)53-29-16-15-28-50(53)56-55(62)51-36-35-49-52-39-45(40-18-7-3-8-19-40)32-37-54(52)66(57(49)58(51)67(56)47-26-13-6-14-27-47)48-33-30-41(31-34-48)44-24-17-25-46(38-44)61-64-59(42-20-9-4-10-21-42)63-60(65-61)43-22-11-5-12-23-43/h3-39H,1-2H3. The Balaban J connectivity index is 1.01. The van der Waals surface area contributed by atoms with Gasteiger partial charge in [0.15, 0.2) is 17.5 Å². The third-order valence-electron chi connectivity index (χ3n) is 13.7. The lowest BCUT2D eigenvalue weighted by molar-refractivity contribution is 0.666. The minimum atomic E-state index is -0.196. The summed E-state index contributed by atoms with van der Waals surface area (Å²) in [5.74, 6) is 1.92. The zero-order valence-corrected chi connectivity index (χ0v) is 37.1. The van der Waals surface area contributed by atoms with Crippen LogP contribution in [-0.4, -0.2) is 24.1 Å². The van der Waals surface area contributed by atoms with Gasteiger partial charge in [-0.25, -0.2) is 15.0 Å². The van der Waals surface area contributed by atoms with Gasteiger partial charge in [0.05, 0.1) is 22.2 Å². The van der Waals surface area contributed by atoms with E-state index in [1.54, 1.807) is 0 Å². The molecular formula is C62H43N5. The van der Waals surface area contributed by atoms with E-state index in [-0.39, 0.29) is 5.41 Å². The zero-order valence-electron chi connectivity index (χ0n) is 37.1. The number of nitrogens with zero attached hydrogens (tertiary/aromatic N) is 5. The number of aromatic nitrogens is 5. The van der Waals surface area contributed by atoms with Crippen LogP contribution in [0.25, 0.3) is 112 Å². The Morgan fingerprint density at radius 2 is 0.821 bits per heavy atom. The predicted molar refractivity (Wildman–Crippen MR) is 276 cm³/mol. The Hall–Kier alpha value is -8.67. The molecule has 3 heterocycles. The van der Waals surface area contributed by atoms with Crippen molar-refractivity contribution in [3.05, 3.63) is 236 Å². The Bertz CT molecular complexity index is 3790. The second-order valence-corrected chi connectivity index (χ2v) is 18.0. The molecule has 12 aromatic rings. The van der Waals surface area contributed by atoms with Crippen LogP contribution >= 0.6 is 0 Å². The fourth-order valence-corrected chi connectivity index (χ4v) is 10.6. The molecule has 316 valence electrons. The van der Waals surface area contributed by atoms with E-state index in [2.05, 4.69) is 187 Å². The fourth-order valence-electron chi connectivity index (χ4n) is 10.6. The third kappa shape index (κ3) is 6.19. The van der Waals surface area contributed by atoms with E-state index < -0.39 is 0 Å². The molecule has 0 spiro atoms. The first-order chi connectivity index (χ1) is 33.0. The molecule has 0 amide bonds. The van der Waals surface area contributed by atoms with Gasteiger partial charge in [-0.15, -0.1) is 0 Å². The van der Waals surface area contributed by atoms with E-state index >= 15 is 0 Å². The lowest BCUT2D eigenvalue weighted by Gasteiger charge is -2.21. The lowest BCUT2D eigenvalue weighted by Crippen LogP contribution is -2.14. The van der Waals surface area contributed by atoms with Gasteiger partial charge in [-0.05, 0) is 75.8 Å².